The minimum atomic E-state index is -0.181. The average Bonchev–Trinajstić information content (AvgIpc) is 2.42. The highest BCUT2D eigenvalue weighted by atomic mass is 16.1. The van der Waals surface area contributed by atoms with Crippen LogP contribution in [0.1, 0.15) is 30.9 Å². The van der Waals surface area contributed by atoms with Crippen molar-refractivity contribution in [1.29, 1.82) is 0 Å². The zero-order valence-corrected chi connectivity index (χ0v) is 10.8. The topological polar surface area (TPSA) is 55.1 Å². The van der Waals surface area contributed by atoms with E-state index < -0.39 is 0 Å². The Morgan fingerprint density at radius 2 is 2.06 bits per heavy atom. The maximum atomic E-state index is 10.9. The highest BCUT2D eigenvalue weighted by molar-refractivity contribution is 5.77. The third kappa shape index (κ3) is 5.51. The van der Waals surface area contributed by atoms with E-state index in [4.69, 9.17) is 5.73 Å². The number of hydrogen-bond donors (Lipinski definition) is 2. The van der Waals surface area contributed by atoms with Gasteiger partial charge in [-0.15, -0.1) is 0 Å². The summed E-state index contributed by atoms with van der Waals surface area (Å²) in [6.45, 7) is 2.54. The zero-order chi connectivity index (χ0) is 13.2. The average molecular weight is 244 g/mol. The van der Waals surface area contributed by atoms with Gasteiger partial charge in [0.1, 0.15) is 0 Å². The molecule has 0 heterocycles. The van der Waals surface area contributed by atoms with Gasteiger partial charge in [0.05, 0.1) is 13.1 Å². The van der Waals surface area contributed by atoms with Crippen molar-refractivity contribution >= 4 is 5.91 Å². The van der Waals surface area contributed by atoms with Gasteiger partial charge >= 0.3 is 0 Å². The quantitative estimate of drug-likeness (QED) is 0.770. The van der Waals surface area contributed by atoms with E-state index in [1.165, 1.54) is 18.4 Å². The van der Waals surface area contributed by atoms with Gasteiger partial charge < -0.3 is 11.1 Å². The van der Waals surface area contributed by atoms with Crippen LogP contribution in [0.4, 0.5) is 0 Å². The molecule has 18 heavy (non-hydrogen) atoms. The summed E-state index contributed by atoms with van der Waals surface area (Å²) in [4.78, 5) is 10.9. The van der Waals surface area contributed by atoms with E-state index in [0.29, 0.717) is 6.54 Å². The minimum absolute atomic E-state index is 0.00774. The Kier molecular flexibility index (Phi) is 6.60. The first-order valence-corrected chi connectivity index (χ1v) is 6.31. The molecule has 3 N–H and O–H groups in total. The smallest absolute Gasteiger partial charge is 0.234 e. The lowest BCUT2D eigenvalue weighted by atomic mass is 10.1. The number of carbonyl (C=O) groups is 1. The molecule has 0 atom stereocenters. The van der Waals surface area contributed by atoms with Crippen LogP contribution in [0.15, 0.2) is 24.3 Å². The fourth-order valence-electron chi connectivity index (χ4n) is 1.50. The maximum absolute atomic E-state index is 10.9. The van der Waals surface area contributed by atoms with Crippen LogP contribution in [0.3, 0.4) is 0 Å². The molecule has 1 rings (SSSR count). The Bertz CT molecular complexity index is 426. The van der Waals surface area contributed by atoms with Crippen molar-refractivity contribution in [2.75, 3.05) is 13.1 Å². The fraction of sp³-hybridized carbons (Fsp3) is 0.400. The fourth-order valence-corrected chi connectivity index (χ4v) is 1.50. The van der Waals surface area contributed by atoms with Crippen LogP contribution in [-0.2, 0) is 11.2 Å². The van der Waals surface area contributed by atoms with E-state index in [9.17, 15) is 4.79 Å². The molecular formula is C15H20N2O. The van der Waals surface area contributed by atoms with Crippen LogP contribution >= 0.6 is 0 Å². The van der Waals surface area contributed by atoms with Crippen molar-refractivity contribution in [3.8, 4) is 11.8 Å². The monoisotopic (exact) mass is 244 g/mol. The van der Waals surface area contributed by atoms with Gasteiger partial charge in [0.2, 0.25) is 5.91 Å². The SMILES string of the molecule is CCCCc1ccc(C#CCNC(=O)CN)cc1. The number of hydrogen-bond acceptors (Lipinski definition) is 2. The minimum Gasteiger partial charge on any atom is -0.344 e. The molecule has 3 heteroatoms. The molecule has 0 radical (unpaired) electrons. The Morgan fingerprint density at radius 3 is 2.67 bits per heavy atom. The summed E-state index contributed by atoms with van der Waals surface area (Å²) in [6, 6.07) is 8.25. The summed E-state index contributed by atoms with van der Waals surface area (Å²) in [5.74, 6) is 5.71. The number of nitrogens with one attached hydrogen (secondary N) is 1. The Hall–Kier alpha value is -1.79. The summed E-state index contributed by atoms with van der Waals surface area (Å²) >= 11 is 0. The highest BCUT2D eigenvalue weighted by Crippen LogP contribution is 2.06. The first-order valence-electron chi connectivity index (χ1n) is 6.31. The molecule has 0 aromatic heterocycles. The van der Waals surface area contributed by atoms with Crippen LogP contribution in [0.2, 0.25) is 0 Å². The Labute approximate surface area is 109 Å². The number of carbonyl (C=O) groups excluding carboxylic acids is 1. The second kappa shape index (κ2) is 8.32. The third-order valence-corrected chi connectivity index (χ3v) is 2.57. The molecule has 0 aliphatic carbocycles. The zero-order valence-electron chi connectivity index (χ0n) is 10.8. The van der Waals surface area contributed by atoms with Crippen LogP contribution in [0, 0.1) is 11.8 Å². The van der Waals surface area contributed by atoms with Gasteiger partial charge in [-0.05, 0) is 30.5 Å². The van der Waals surface area contributed by atoms with Crippen molar-refractivity contribution in [3.63, 3.8) is 0 Å². The molecule has 1 aromatic carbocycles. The van der Waals surface area contributed by atoms with Crippen molar-refractivity contribution in [2.45, 2.75) is 26.2 Å². The third-order valence-electron chi connectivity index (χ3n) is 2.57. The second-order valence-electron chi connectivity index (χ2n) is 4.08. The van der Waals surface area contributed by atoms with Gasteiger partial charge in [0.25, 0.3) is 0 Å². The molecule has 0 fully saturated rings. The normalized spacial score (nSPS) is 9.44. The first-order chi connectivity index (χ1) is 8.76. The van der Waals surface area contributed by atoms with E-state index in [1.54, 1.807) is 0 Å². The van der Waals surface area contributed by atoms with Crippen molar-refractivity contribution in [1.82, 2.24) is 5.32 Å². The molecular weight excluding hydrogens is 224 g/mol. The molecule has 96 valence electrons. The molecule has 3 nitrogen and oxygen atoms in total. The first kappa shape index (κ1) is 14.3. The number of rotatable bonds is 5. The molecule has 0 bridgehead atoms. The largest absolute Gasteiger partial charge is 0.344 e. The van der Waals surface area contributed by atoms with Gasteiger partial charge in [-0.1, -0.05) is 37.3 Å². The molecule has 0 spiro atoms. The Balaban J connectivity index is 2.43. The lowest BCUT2D eigenvalue weighted by Crippen LogP contribution is -2.30. The van der Waals surface area contributed by atoms with Crippen LogP contribution in [0.5, 0.6) is 0 Å². The van der Waals surface area contributed by atoms with E-state index in [2.05, 4.69) is 36.2 Å². The van der Waals surface area contributed by atoms with Crippen LogP contribution in [0.25, 0.3) is 0 Å². The number of nitrogens with two attached hydrogens (primary N) is 1. The summed E-state index contributed by atoms with van der Waals surface area (Å²) in [6.07, 6.45) is 3.55. The van der Waals surface area contributed by atoms with E-state index >= 15 is 0 Å². The summed E-state index contributed by atoms with van der Waals surface area (Å²) in [7, 11) is 0. The number of unbranched alkanes of at least 4 members (excludes halogenated alkanes) is 1. The lowest BCUT2D eigenvalue weighted by molar-refractivity contribution is -0.119. The van der Waals surface area contributed by atoms with E-state index in [-0.39, 0.29) is 12.5 Å². The van der Waals surface area contributed by atoms with Gasteiger partial charge in [-0.2, -0.15) is 0 Å². The Morgan fingerprint density at radius 1 is 1.33 bits per heavy atom. The van der Waals surface area contributed by atoms with Crippen molar-refractivity contribution < 1.29 is 4.79 Å². The van der Waals surface area contributed by atoms with Gasteiger partial charge in [-0.3, -0.25) is 4.79 Å². The van der Waals surface area contributed by atoms with Gasteiger partial charge in [0.15, 0.2) is 0 Å². The molecule has 1 aromatic rings. The molecule has 0 saturated heterocycles. The van der Waals surface area contributed by atoms with E-state index in [0.717, 1.165) is 12.0 Å². The standard InChI is InChI=1S/C15H20N2O/c1-2-3-5-13-7-9-14(10-8-13)6-4-11-17-15(18)12-16/h7-10H,2-3,5,11-12,16H2,1H3,(H,17,18). The summed E-state index contributed by atoms with van der Waals surface area (Å²) in [5.41, 5.74) is 7.48. The number of aryl methyl sites for hydroxylation is 1. The predicted molar refractivity (Wildman–Crippen MR) is 74.0 cm³/mol. The molecule has 0 unspecified atom stereocenters. The molecule has 1 amide bonds. The van der Waals surface area contributed by atoms with Crippen molar-refractivity contribution in [2.24, 2.45) is 5.73 Å². The number of benzene rings is 1. The summed E-state index contributed by atoms with van der Waals surface area (Å²) in [5, 5.41) is 2.60. The highest BCUT2D eigenvalue weighted by Gasteiger charge is 1.93. The van der Waals surface area contributed by atoms with Crippen molar-refractivity contribution in [3.05, 3.63) is 35.4 Å². The summed E-state index contributed by atoms with van der Waals surface area (Å²) < 4.78 is 0. The van der Waals surface area contributed by atoms with Crippen LogP contribution in [-0.4, -0.2) is 19.0 Å². The molecule has 0 aliphatic heterocycles. The second-order valence-corrected chi connectivity index (χ2v) is 4.08. The maximum Gasteiger partial charge on any atom is 0.234 e. The van der Waals surface area contributed by atoms with Gasteiger partial charge in [-0.25, -0.2) is 0 Å². The number of amides is 1. The van der Waals surface area contributed by atoms with Gasteiger partial charge in [0, 0.05) is 5.56 Å². The van der Waals surface area contributed by atoms with E-state index in [1.807, 2.05) is 12.1 Å². The molecule has 0 aliphatic rings. The van der Waals surface area contributed by atoms with Crippen LogP contribution < -0.4 is 11.1 Å². The predicted octanol–water partition coefficient (Wildman–Crippen LogP) is 1.46. The molecule has 0 saturated carbocycles. The lowest BCUT2D eigenvalue weighted by Gasteiger charge is -1.99.